The minimum Gasteiger partial charge on any atom is -0.463 e. The Balaban J connectivity index is 2.22. The molecule has 1 aliphatic rings. The highest BCUT2D eigenvalue weighted by Gasteiger charge is 2.31. The largest absolute Gasteiger partial charge is 0.463 e. The number of ether oxygens (including phenoxy) is 1. The van der Waals surface area contributed by atoms with Crippen LogP contribution in [-0.2, 0) is 9.53 Å². The van der Waals surface area contributed by atoms with E-state index in [9.17, 15) is 9.59 Å². The second kappa shape index (κ2) is 8.40. The summed E-state index contributed by atoms with van der Waals surface area (Å²) >= 11 is 4.96. The molecule has 0 unspecified atom stereocenters. The quantitative estimate of drug-likeness (QED) is 0.568. The van der Waals surface area contributed by atoms with E-state index in [0.29, 0.717) is 30.1 Å². The first-order chi connectivity index (χ1) is 11.0. The van der Waals surface area contributed by atoms with Gasteiger partial charge in [0.25, 0.3) is 0 Å². The molecule has 0 spiro atoms. The molecule has 1 atom stereocenters. The minimum atomic E-state index is -0.377. The van der Waals surface area contributed by atoms with E-state index in [2.05, 4.69) is 26.6 Å². The summed E-state index contributed by atoms with van der Waals surface area (Å²) in [5.41, 5.74) is 1.13. The second-order valence-electron chi connectivity index (χ2n) is 4.91. The first-order valence-corrected chi connectivity index (χ1v) is 9.19. The van der Waals surface area contributed by atoms with E-state index in [-0.39, 0.29) is 18.0 Å². The molecule has 0 aliphatic carbocycles. The van der Waals surface area contributed by atoms with Gasteiger partial charge in [-0.15, -0.1) is 11.8 Å². The van der Waals surface area contributed by atoms with Gasteiger partial charge >= 0.3 is 12.0 Å². The summed E-state index contributed by atoms with van der Waals surface area (Å²) in [6, 6.07) is 7.29. The van der Waals surface area contributed by atoms with E-state index < -0.39 is 0 Å². The van der Waals surface area contributed by atoms with Crippen LogP contribution in [-0.4, -0.2) is 30.4 Å². The molecule has 1 aliphatic heterocycles. The lowest BCUT2D eigenvalue weighted by Gasteiger charge is -2.28. The molecule has 0 fully saturated rings. The van der Waals surface area contributed by atoms with E-state index in [1.165, 1.54) is 0 Å². The summed E-state index contributed by atoms with van der Waals surface area (Å²) in [4.78, 5) is 25.1. The molecule has 0 saturated heterocycles. The number of hydrogen-bond acceptors (Lipinski definition) is 4. The number of thioether (sulfide) groups is 1. The van der Waals surface area contributed by atoms with Gasteiger partial charge < -0.3 is 15.4 Å². The van der Waals surface area contributed by atoms with Crippen molar-refractivity contribution in [3.8, 4) is 0 Å². The molecular formula is C16H19BrN2O3S. The number of hydrogen-bond donors (Lipinski definition) is 2. The highest BCUT2D eigenvalue weighted by molar-refractivity contribution is 9.10. The summed E-state index contributed by atoms with van der Waals surface area (Å²) in [5, 5.41) is 5.52. The van der Waals surface area contributed by atoms with Crippen LogP contribution >= 0.6 is 27.7 Å². The highest BCUT2D eigenvalue weighted by Crippen LogP contribution is 2.25. The fourth-order valence-corrected chi connectivity index (χ4v) is 3.39. The lowest BCUT2D eigenvalue weighted by molar-refractivity contribution is -0.139. The predicted octanol–water partition coefficient (Wildman–Crippen LogP) is 3.45. The van der Waals surface area contributed by atoms with E-state index in [0.717, 1.165) is 9.37 Å². The lowest BCUT2D eigenvalue weighted by Crippen LogP contribution is -2.50. The van der Waals surface area contributed by atoms with Crippen LogP contribution in [0.4, 0.5) is 4.79 Å². The molecule has 2 amide bonds. The molecule has 124 valence electrons. The fraction of sp³-hybridized carbons (Fsp3) is 0.375. The number of nitrogens with one attached hydrogen (secondary N) is 2. The Kier molecular flexibility index (Phi) is 6.53. The molecule has 1 heterocycles. The maximum atomic E-state index is 12.3. The van der Waals surface area contributed by atoms with Crippen molar-refractivity contribution in [1.29, 1.82) is 0 Å². The average molecular weight is 399 g/mol. The molecule has 0 aromatic heterocycles. The van der Waals surface area contributed by atoms with Crippen molar-refractivity contribution in [1.82, 2.24) is 10.6 Å². The molecule has 1 aromatic carbocycles. The van der Waals surface area contributed by atoms with Gasteiger partial charge in [-0.2, -0.15) is 0 Å². The number of halogens is 1. The topological polar surface area (TPSA) is 67.4 Å². The zero-order chi connectivity index (χ0) is 16.8. The van der Waals surface area contributed by atoms with Crippen LogP contribution < -0.4 is 10.6 Å². The van der Waals surface area contributed by atoms with Crippen molar-refractivity contribution in [3.05, 3.63) is 40.0 Å². The molecule has 0 bridgehead atoms. The maximum Gasteiger partial charge on any atom is 0.337 e. The van der Waals surface area contributed by atoms with E-state index in [1.807, 2.05) is 31.2 Å². The zero-order valence-corrected chi connectivity index (χ0v) is 15.4. The van der Waals surface area contributed by atoms with E-state index in [4.69, 9.17) is 4.74 Å². The van der Waals surface area contributed by atoms with Crippen LogP contribution in [0.3, 0.4) is 0 Å². The molecule has 5 nitrogen and oxygen atoms in total. The van der Waals surface area contributed by atoms with Gasteiger partial charge in [-0.3, -0.25) is 0 Å². The molecule has 7 heteroatoms. The molecule has 0 radical (unpaired) electrons. The van der Waals surface area contributed by atoms with Crippen LogP contribution in [0, 0.1) is 0 Å². The minimum absolute atomic E-state index is 0.281. The number of benzene rings is 1. The molecule has 2 N–H and O–H groups in total. The molecular weight excluding hydrogens is 380 g/mol. The van der Waals surface area contributed by atoms with Crippen molar-refractivity contribution in [3.63, 3.8) is 0 Å². The number of amides is 2. The van der Waals surface area contributed by atoms with Crippen molar-refractivity contribution in [2.45, 2.75) is 31.2 Å². The van der Waals surface area contributed by atoms with Gasteiger partial charge in [0.1, 0.15) is 0 Å². The first kappa shape index (κ1) is 17.9. The standard InChI is InChI=1S/C16H19BrN2O3S/c1-3-12-14(15(20)22-4-2)13(19-16(21)18-12)9-23-11-7-5-10(17)6-8-11/h5-8,12H,3-4,9H2,1-2H3,(H2,18,19,21)/t12-/m0/s1. The van der Waals surface area contributed by atoms with Crippen LogP contribution in [0.25, 0.3) is 0 Å². The Bertz CT molecular complexity index is 616. The number of esters is 1. The Morgan fingerprint density at radius 1 is 1.30 bits per heavy atom. The Morgan fingerprint density at radius 3 is 2.61 bits per heavy atom. The second-order valence-corrected chi connectivity index (χ2v) is 6.88. The third-order valence-corrected chi connectivity index (χ3v) is 4.91. The normalized spacial score (nSPS) is 17.5. The van der Waals surface area contributed by atoms with Gasteiger partial charge in [-0.05, 0) is 37.6 Å². The Hall–Kier alpha value is -1.47. The third-order valence-electron chi connectivity index (χ3n) is 3.34. The van der Waals surface area contributed by atoms with Crippen LogP contribution in [0.15, 0.2) is 44.9 Å². The monoisotopic (exact) mass is 398 g/mol. The first-order valence-electron chi connectivity index (χ1n) is 7.41. The average Bonchev–Trinajstić information content (AvgIpc) is 2.53. The summed E-state index contributed by atoms with van der Waals surface area (Å²) < 4.78 is 6.15. The van der Waals surface area contributed by atoms with Gasteiger partial charge in [-0.1, -0.05) is 22.9 Å². The smallest absolute Gasteiger partial charge is 0.337 e. The van der Waals surface area contributed by atoms with Crippen molar-refractivity contribution in [2.75, 3.05) is 12.4 Å². The SMILES string of the molecule is CCOC(=O)C1=C(CSc2ccc(Br)cc2)NC(=O)N[C@H]1CC. The van der Waals surface area contributed by atoms with E-state index >= 15 is 0 Å². The lowest BCUT2D eigenvalue weighted by atomic mass is 10.0. The van der Waals surface area contributed by atoms with Gasteiger partial charge in [0, 0.05) is 20.8 Å². The van der Waals surface area contributed by atoms with Crippen LogP contribution in [0.1, 0.15) is 20.3 Å². The van der Waals surface area contributed by atoms with Gasteiger partial charge in [0.05, 0.1) is 18.2 Å². The molecule has 1 aromatic rings. The summed E-state index contributed by atoms with van der Waals surface area (Å²) in [6.45, 7) is 4.00. The zero-order valence-electron chi connectivity index (χ0n) is 13.0. The summed E-state index contributed by atoms with van der Waals surface area (Å²) in [5.74, 6) is 0.123. The van der Waals surface area contributed by atoms with Crippen molar-refractivity contribution in [2.24, 2.45) is 0 Å². The molecule has 23 heavy (non-hydrogen) atoms. The number of carbonyl (C=O) groups excluding carboxylic acids is 2. The Labute approximate surface area is 148 Å². The summed E-state index contributed by atoms with van der Waals surface area (Å²) in [6.07, 6.45) is 0.633. The van der Waals surface area contributed by atoms with Gasteiger partial charge in [0.15, 0.2) is 0 Å². The molecule has 2 rings (SSSR count). The van der Waals surface area contributed by atoms with Crippen molar-refractivity contribution >= 4 is 39.7 Å². The van der Waals surface area contributed by atoms with Gasteiger partial charge in [-0.25, -0.2) is 9.59 Å². The van der Waals surface area contributed by atoms with E-state index in [1.54, 1.807) is 18.7 Å². The molecule has 0 saturated carbocycles. The number of rotatable bonds is 6. The number of carbonyl (C=O) groups is 2. The van der Waals surface area contributed by atoms with Crippen molar-refractivity contribution < 1.29 is 14.3 Å². The van der Waals surface area contributed by atoms with Crippen LogP contribution in [0.2, 0.25) is 0 Å². The van der Waals surface area contributed by atoms with Gasteiger partial charge in [0.2, 0.25) is 0 Å². The van der Waals surface area contributed by atoms with Crippen LogP contribution in [0.5, 0.6) is 0 Å². The third kappa shape index (κ3) is 4.75. The Morgan fingerprint density at radius 2 is 2.00 bits per heavy atom. The summed E-state index contributed by atoms with van der Waals surface area (Å²) in [7, 11) is 0. The maximum absolute atomic E-state index is 12.3. The predicted molar refractivity (Wildman–Crippen MR) is 94.3 cm³/mol. The highest BCUT2D eigenvalue weighted by atomic mass is 79.9. The number of urea groups is 1. The fourth-order valence-electron chi connectivity index (χ4n) is 2.26.